The van der Waals surface area contributed by atoms with Crippen molar-refractivity contribution in [2.75, 3.05) is 9.80 Å². The Balaban J connectivity index is 1.58. The molecule has 0 saturated carbocycles. The van der Waals surface area contributed by atoms with Gasteiger partial charge in [-0.3, -0.25) is 9.59 Å². The number of anilines is 5. The maximum absolute atomic E-state index is 14.8. The zero-order chi connectivity index (χ0) is 33.6. The van der Waals surface area contributed by atoms with Gasteiger partial charge in [0.05, 0.1) is 11.4 Å². The number of rotatable bonds is 10. The Bertz CT molecular complexity index is 2090. The molecule has 7 rings (SSSR count). The third-order valence-corrected chi connectivity index (χ3v) is 8.71. The van der Waals surface area contributed by atoms with Gasteiger partial charge in [-0.1, -0.05) is 134 Å². The fourth-order valence-corrected chi connectivity index (χ4v) is 6.35. The summed E-state index contributed by atoms with van der Waals surface area (Å²) >= 11 is 0. The van der Waals surface area contributed by atoms with Crippen LogP contribution in [0.5, 0.6) is 0 Å². The van der Waals surface area contributed by atoms with Gasteiger partial charge in [0, 0.05) is 45.0 Å². The molecule has 6 aromatic carbocycles. The summed E-state index contributed by atoms with van der Waals surface area (Å²) in [6.45, 7) is 2.19. The summed E-state index contributed by atoms with van der Waals surface area (Å²) in [5.41, 5.74) is 6.92. The highest BCUT2D eigenvalue weighted by Crippen LogP contribution is 2.44. The summed E-state index contributed by atoms with van der Waals surface area (Å²) in [6.07, 6.45) is 7.44. The third-order valence-electron chi connectivity index (χ3n) is 8.71. The molecule has 0 spiro atoms. The van der Waals surface area contributed by atoms with Gasteiger partial charge in [-0.2, -0.15) is 0 Å². The third kappa shape index (κ3) is 6.63. The Kier molecular flexibility index (Phi) is 9.11. The average molecular weight is 637 g/mol. The van der Waals surface area contributed by atoms with E-state index < -0.39 is 0 Å². The number of para-hydroxylation sites is 3. The Morgan fingerprint density at radius 2 is 0.878 bits per heavy atom. The number of nitrogens with zero attached hydrogens (tertiary/aromatic N) is 2. The van der Waals surface area contributed by atoms with Gasteiger partial charge in [0.15, 0.2) is 11.6 Å². The van der Waals surface area contributed by atoms with Crippen LogP contribution in [-0.4, -0.2) is 11.6 Å². The first-order chi connectivity index (χ1) is 24.1. The average Bonchev–Trinajstić information content (AvgIpc) is 3.17. The van der Waals surface area contributed by atoms with Crippen molar-refractivity contribution in [3.05, 3.63) is 210 Å². The Morgan fingerprint density at radius 1 is 0.510 bits per heavy atom. The van der Waals surface area contributed by atoms with Gasteiger partial charge in [-0.25, -0.2) is 0 Å². The zero-order valence-electron chi connectivity index (χ0n) is 27.3. The smallest absolute Gasteiger partial charge is 0.195 e. The van der Waals surface area contributed by atoms with Gasteiger partial charge in [0.25, 0.3) is 0 Å². The highest BCUT2D eigenvalue weighted by molar-refractivity contribution is 6.18. The van der Waals surface area contributed by atoms with E-state index in [9.17, 15) is 9.59 Å². The van der Waals surface area contributed by atoms with Crippen molar-refractivity contribution in [1.82, 2.24) is 0 Å². The summed E-state index contributed by atoms with van der Waals surface area (Å²) in [5.74, 6) is 0.0313. The molecule has 6 aromatic rings. The van der Waals surface area contributed by atoms with Gasteiger partial charge in [0.2, 0.25) is 0 Å². The molecular weight excluding hydrogens is 601 g/mol. The van der Waals surface area contributed by atoms with E-state index in [1.165, 1.54) is 0 Å². The first-order valence-electron chi connectivity index (χ1n) is 16.6. The number of carbonyl (C=O) groups excluding carboxylic acids is 2. The number of hydrogen-bond acceptors (Lipinski definition) is 4. The van der Waals surface area contributed by atoms with Gasteiger partial charge >= 0.3 is 0 Å². The summed E-state index contributed by atoms with van der Waals surface area (Å²) in [6, 6.07) is 52.5. The molecule has 0 bridgehead atoms. The Morgan fingerprint density at radius 3 is 1.29 bits per heavy atom. The minimum Gasteiger partial charge on any atom is -0.310 e. The summed E-state index contributed by atoms with van der Waals surface area (Å²) in [5, 5.41) is 0. The molecule has 1 atom stereocenters. The molecular formula is C45H36N2O2. The van der Waals surface area contributed by atoms with Crippen LogP contribution in [0.4, 0.5) is 28.4 Å². The summed E-state index contributed by atoms with van der Waals surface area (Å²) in [7, 11) is 0. The normalized spacial score (nSPS) is 13.7. The lowest BCUT2D eigenvalue weighted by molar-refractivity contribution is 0.102. The molecule has 0 aliphatic heterocycles. The molecule has 0 saturated heterocycles. The Hall–Kier alpha value is -6.26. The molecule has 4 nitrogen and oxygen atoms in total. The van der Waals surface area contributed by atoms with Crippen molar-refractivity contribution >= 4 is 40.0 Å². The predicted octanol–water partition coefficient (Wildman–Crippen LogP) is 11.2. The SMILES string of the molecule is CC1C=C(N(c2ccccc2)c2cc(C(=O)c3ccccc3)c(N(c3ccccc3)c3ccccc3)cc2C(=O)c2ccccc2)C=CC1. The van der Waals surface area contributed by atoms with E-state index >= 15 is 0 Å². The van der Waals surface area contributed by atoms with Crippen LogP contribution in [0.2, 0.25) is 0 Å². The molecule has 0 amide bonds. The molecule has 0 heterocycles. The molecule has 1 aliphatic rings. The van der Waals surface area contributed by atoms with E-state index in [-0.39, 0.29) is 11.6 Å². The quantitative estimate of drug-likeness (QED) is 0.140. The van der Waals surface area contributed by atoms with Crippen LogP contribution in [0.1, 0.15) is 45.2 Å². The first-order valence-corrected chi connectivity index (χ1v) is 16.6. The van der Waals surface area contributed by atoms with Gasteiger partial charge < -0.3 is 9.80 Å². The second-order valence-corrected chi connectivity index (χ2v) is 12.2. The molecule has 0 N–H and O–H groups in total. The van der Waals surface area contributed by atoms with Gasteiger partial charge in [-0.15, -0.1) is 0 Å². The molecule has 1 unspecified atom stereocenters. The lowest BCUT2D eigenvalue weighted by Crippen LogP contribution is -2.23. The first kappa shape index (κ1) is 31.3. The number of hydrogen-bond donors (Lipinski definition) is 0. The molecule has 0 aromatic heterocycles. The van der Waals surface area contributed by atoms with Crippen molar-refractivity contribution in [3.8, 4) is 0 Å². The predicted molar refractivity (Wildman–Crippen MR) is 200 cm³/mol. The molecule has 4 heteroatoms. The van der Waals surface area contributed by atoms with E-state index in [1.807, 2.05) is 164 Å². The van der Waals surface area contributed by atoms with Crippen LogP contribution < -0.4 is 9.80 Å². The second kappa shape index (κ2) is 14.2. The van der Waals surface area contributed by atoms with Crippen molar-refractivity contribution in [1.29, 1.82) is 0 Å². The van der Waals surface area contributed by atoms with Gasteiger partial charge in [-0.05, 0) is 66.9 Å². The maximum Gasteiger partial charge on any atom is 0.195 e. The van der Waals surface area contributed by atoms with Crippen LogP contribution >= 0.6 is 0 Å². The van der Waals surface area contributed by atoms with Crippen LogP contribution in [0.25, 0.3) is 0 Å². The molecule has 0 radical (unpaired) electrons. The minimum absolute atomic E-state index is 0.133. The van der Waals surface area contributed by atoms with Crippen LogP contribution in [0.3, 0.4) is 0 Å². The lowest BCUT2D eigenvalue weighted by Gasteiger charge is -2.33. The van der Waals surface area contributed by atoms with Crippen molar-refractivity contribution in [2.24, 2.45) is 5.92 Å². The Labute approximate surface area is 287 Å². The monoisotopic (exact) mass is 636 g/mol. The number of carbonyl (C=O) groups is 2. The molecule has 0 fully saturated rings. The summed E-state index contributed by atoms with van der Waals surface area (Å²) in [4.78, 5) is 33.7. The highest BCUT2D eigenvalue weighted by atomic mass is 16.1. The number of ketones is 2. The van der Waals surface area contributed by atoms with E-state index in [2.05, 4.69) is 35.0 Å². The van der Waals surface area contributed by atoms with E-state index in [4.69, 9.17) is 0 Å². The molecule has 1 aliphatic carbocycles. The largest absolute Gasteiger partial charge is 0.310 e. The zero-order valence-corrected chi connectivity index (χ0v) is 27.3. The van der Waals surface area contributed by atoms with Crippen LogP contribution in [0, 0.1) is 5.92 Å². The van der Waals surface area contributed by atoms with E-state index in [0.29, 0.717) is 39.5 Å². The summed E-state index contributed by atoms with van der Waals surface area (Å²) < 4.78 is 0. The van der Waals surface area contributed by atoms with E-state index in [1.54, 1.807) is 0 Å². The molecule has 238 valence electrons. The maximum atomic E-state index is 14.8. The topological polar surface area (TPSA) is 40.6 Å². The van der Waals surface area contributed by atoms with Crippen LogP contribution in [-0.2, 0) is 0 Å². The van der Waals surface area contributed by atoms with Crippen molar-refractivity contribution < 1.29 is 9.59 Å². The number of allylic oxidation sites excluding steroid dienone is 3. The lowest BCUT2D eigenvalue weighted by atomic mass is 9.92. The van der Waals surface area contributed by atoms with Gasteiger partial charge in [0.1, 0.15) is 0 Å². The van der Waals surface area contributed by atoms with E-state index in [0.717, 1.165) is 29.2 Å². The highest BCUT2D eigenvalue weighted by Gasteiger charge is 2.29. The standard InChI is InChI=1S/C45H36N2O2/c1-33-18-17-29-39(30-33)47(38-27-15-6-16-28-38)43-32-40(44(48)34-19-7-2-8-20-34)42(31-41(43)45(49)35-21-9-3-10-22-35)46(36-23-11-4-12-24-36)37-25-13-5-14-26-37/h2-17,19-33H,18H2,1H3. The second-order valence-electron chi connectivity index (χ2n) is 12.2. The minimum atomic E-state index is -0.137. The molecule has 49 heavy (non-hydrogen) atoms. The fraction of sp³-hybridized carbons (Fsp3) is 0.0667. The number of benzene rings is 6. The van der Waals surface area contributed by atoms with Crippen molar-refractivity contribution in [3.63, 3.8) is 0 Å². The van der Waals surface area contributed by atoms with Crippen LogP contribution in [0.15, 0.2) is 188 Å². The fourth-order valence-electron chi connectivity index (χ4n) is 6.35. The van der Waals surface area contributed by atoms with Crippen molar-refractivity contribution in [2.45, 2.75) is 13.3 Å².